The average Bonchev–Trinajstić information content (AvgIpc) is 2.84. The molecule has 1 fully saturated rings. The maximum Gasteiger partial charge on any atom is 0.122 e. The number of aliphatic hydroxyl groups is 3. The lowest BCUT2D eigenvalue weighted by atomic mass is 9.70. The van der Waals surface area contributed by atoms with E-state index in [0.717, 1.165) is 55.4 Å². The fourth-order valence-corrected chi connectivity index (χ4v) is 5.32. The number of rotatable bonds is 10. The Kier molecular flexibility index (Phi) is 8.97. The molecule has 1 atom stereocenters. The molecule has 1 aliphatic carbocycles. The monoisotopic (exact) mass is 466 g/mol. The molecule has 2 aromatic carbocycles. The molecule has 0 aromatic heterocycles. The van der Waals surface area contributed by atoms with Gasteiger partial charge in [0.1, 0.15) is 18.5 Å². The predicted octanol–water partition coefficient (Wildman–Crippen LogP) is 5.85. The summed E-state index contributed by atoms with van der Waals surface area (Å²) in [5.74, 6) is 0.731. The number of ether oxygens (including phenoxy) is 1. The lowest BCUT2D eigenvalue weighted by molar-refractivity contribution is 0.0521. The number of aryl methyl sites for hydroxylation is 2. The molecule has 3 rings (SSSR count). The molecule has 0 radical (unpaired) electrons. The van der Waals surface area contributed by atoms with Crippen molar-refractivity contribution in [3.8, 4) is 5.75 Å². The van der Waals surface area contributed by atoms with Gasteiger partial charge in [0.15, 0.2) is 0 Å². The van der Waals surface area contributed by atoms with Crippen LogP contribution in [0.25, 0.3) is 6.08 Å². The van der Waals surface area contributed by atoms with Crippen molar-refractivity contribution in [1.29, 1.82) is 0 Å². The van der Waals surface area contributed by atoms with E-state index in [9.17, 15) is 10.2 Å². The fourth-order valence-electron chi connectivity index (χ4n) is 5.32. The van der Waals surface area contributed by atoms with Crippen molar-refractivity contribution in [3.05, 3.63) is 70.3 Å². The minimum Gasteiger partial charge on any atom is -0.491 e. The maximum absolute atomic E-state index is 10.8. The highest BCUT2D eigenvalue weighted by Crippen LogP contribution is 2.41. The second-order valence-electron chi connectivity index (χ2n) is 9.99. The average molecular weight is 467 g/mol. The Morgan fingerprint density at radius 1 is 0.971 bits per heavy atom. The predicted molar refractivity (Wildman–Crippen MR) is 139 cm³/mol. The van der Waals surface area contributed by atoms with Crippen LogP contribution in [0.4, 0.5) is 0 Å². The van der Waals surface area contributed by atoms with Crippen LogP contribution in [-0.2, 0) is 5.41 Å². The van der Waals surface area contributed by atoms with Gasteiger partial charge in [-0.15, -0.1) is 0 Å². The van der Waals surface area contributed by atoms with Crippen LogP contribution in [0.2, 0.25) is 0 Å². The zero-order chi connectivity index (χ0) is 24.8. The number of benzene rings is 2. The maximum atomic E-state index is 10.8. The van der Waals surface area contributed by atoms with E-state index in [2.05, 4.69) is 57.2 Å². The summed E-state index contributed by atoms with van der Waals surface area (Å²) >= 11 is 0. The second kappa shape index (κ2) is 11.5. The summed E-state index contributed by atoms with van der Waals surface area (Å²) in [6.07, 6.45) is 10.3. The Morgan fingerprint density at radius 2 is 1.59 bits per heavy atom. The Morgan fingerprint density at radius 3 is 2.15 bits per heavy atom. The molecule has 0 bridgehead atoms. The van der Waals surface area contributed by atoms with Gasteiger partial charge in [0.2, 0.25) is 0 Å². The molecule has 0 amide bonds. The van der Waals surface area contributed by atoms with Crippen molar-refractivity contribution in [2.75, 3.05) is 13.2 Å². The zero-order valence-electron chi connectivity index (χ0n) is 21.3. The molecule has 1 saturated carbocycles. The van der Waals surface area contributed by atoms with Gasteiger partial charge in [-0.3, -0.25) is 0 Å². The van der Waals surface area contributed by atoms with Gasteiger partial charge in [-0.1, -0.05) is 75.6 Å². The van der Waals surface area contributed by atoms with Crippen molar-refractivity contribution in [2.45, 2.75) is 89.8 Å². The first-order valence-corrected chi connectivity index (χ1v) is 12.8. The lowest BCUT2D eigenvalue weighted by Gasteiger charge is -2.34. The van der Waals surface area contributed by atoms with Crippen molar-refractivity contribution < 1.29 is 20.1 Å². The molecule has 34 heavy (non-hydrogen) atoms. The first kappa shape index (κ1) is 26.5. The Labute approximate surface area is 205 Å². The third-order valence-corrected chi connectivity index (χ3v) is 7.69. The van der Waals surface area contributed by atoms with E-state index in [1.165, 1.54) is 23.1 Å². The highest BCUT2D eigenvalue weighted by Gasteiger charge is 2.31. The van der Waals surface area contributed by atoms with Crippen LogP contribution in [0.15, 0.2) is 42.5 Å². The minimum atomic E-state index is -0.876. The number of hydrogen-bond donors (Lipinski definition) is 3. The van der Waals surface area contributed by atoms with Gasteiger partial charge in [-0.05, 0) is 73.4 Å². The van der Waals surface area contributed by atoms with E-state index in [4.69, 9.17) is 9.84 Å². The van der Waals surface area contributed by atoms with E-state index < -0.39 is 11.7 Å². The molecule has 1 aliphatic rings. The van der Waals surface area contributed by atoms with E-state index in [0.29, 0.717) is 0 Å². The van der Waals surface area contributed by atoms with E-state index in [1.54, 1.807) is 0 Å². The normalized spacial score (nSPS) is 17.1. The van der Waals surface area contributed by atoms with Crippen molar-refractivity contribution in [1.82, 2.24) is 0 Å². The first-order chi connectivity index (χ1) is 16.3. The van der Waals surface area contributed by atoms with Gasteiger partial charge in [0, 0.05) is 5.41 Å². The highest BCUT2D eigenvalue weighted by molar-refractivity contribution is 5.57. The van der Waals surface area contributed by atoms with Gasteiger partial charge in [0.25, 0.3) is 0 Å². The Hall–Kier alpha value is -2.14. The summed E-state index contributed by atoms with van der Waals surface area (Å²) in [4.78, 5) is 0. The smallest absolute Gasteiger partial charge is 0.122 e. The van der Waals surface area contributed by atoms with Gasteiger partial charge in [-0.25, -0.2) is 0 Å². The highest BCUT2D eigenvalue weighted by atomic mass is 16.5. The van der Waals surface area contributed by atoms with Crippen LogP contribution in [0.5, 0.6) is 5.75 Å². The minimum absolute atomic E-state index is 0.0761. The van der Waals surface area contributed by atoms with Crippen molar-refractivity contribution >= 4 is 6.08 Å². The molecule has 0 heterocycles. The molecule has 0 unspecified atom stereocenters. The summed E-state index contributed by atoms with van der Waals surface area (Å²) in [6, 6.07) is 13.0. The second-order valence-corrected chi connectivity index (χ2v) is 9.99. The van der Waals surface area contributed by atoms with Crippen LogP contribution >= 0.6 is 0 Å². The quantitative estimate of drug-likeness (QED) is 0.411. The standard InChI is InChI=1S/C30H42O4/c1-5-30(6-2,26-12-13-28(23(4)19-26)34-21-27(32)20-31)25-11-10-24(22(3)18-25)14-17-29(33)15-8-7-9-16-29/h10-14,17-19,27,31-33H,5-9,15-16,20-21H2,1-4H3/b17-14+/t27-/m0/s1. The van der Waals surface area contributed by atoms with Crippen LogP contribution in [0, 0.1) is 13.8 Å². The number of aliphatic hydroxyl groups excluding tert-OH is 2. The topological polar surface area (TPSA) is 69.9 Å². The Balaban J connectivity index is 1.88. The summed E-state index contributed by atoms with van der Waals surface area (Å²) in [6.45, 7) is 8.42. The molecule has 2 aromatic rings. The van der Waals surface area contributed by atoms with Crippen LogP contribution in [0.1, 0.15) is 86.6 Å². The molecule has 4 heteroatoms. The zero-order valence-corrected chi connectivity index (χ0v) is 21.3. The van der Waals surface area contributed by atoms with E-state index in [-0.39, 0.29) is 18.6 Å². The molecule has 0 aliphatic heterocycles. The van der Waals surface area contributed by atoms with Crippen LogP contribution in [-0.4, -0.2) is 40.2 Å². The van der Waals surface area contributed by atoms with Crippen molar-refractivity contribution in [3.63, 3.8) is 0 Å². The van der Waals surface area contributed by atoms with Crippen molar-refractivity contribution in [2.24, 2.45) is 0 Å². The lowest BCUT2D eigenvalue weighted by Crippen LogP contribution is -2.28. The van der Waals surface area contributed by atoms with E-state index >= 15 is 0 Å². The molecule has 3 N–H and O–H groups in total. The summed E-state index contributed by atoms with van der Waals surface area (Å²) in [5.41, 5.74) is 5.18. The SMILES string of the molecule is CCC(CC)(c1ccc(/C=C/C2(O)CCCCC2)c(C)c1)c1ccc(OC[C@@H](O)CO)c(C)c1. The van der Waals surface area contributed by atoms with Gasteiger partial charge in [0.05, 0.1) is 12.2 Å². The summed E-state index contributed by atoms with van der Waals surface area (Å²) in [5, 5.41) is 29.5. The molecular formula is C30H42O4. The van der Waals surface area contributed by atoms with Crippen LogP contribution in [0.3, 0.4) is 0 Å². The summed E-state index contributed by atoms with van der Waals surface area (Å²) < 4.78 is 5.71. The van der Waals surface area contributed by atoms with Gasteiger partial charge >= 0.3 is 0 Å². The largest absolute Gasteiger partial charge is 0.491 e. The third kappa shape index (κ3) is 5.91. The first-order valence-electron chi connectivity index (χ1n) is 12.8. The molecule has 4 nitrogen and oxygen atoms in total. The van der Waals surface area contributed by atoms with E-state index in [1.807, 2.05) is 19.1 Å². The Bertz CT molecular complexity index is 968. The van der Waals surface area contributed by atoms with Crippen LogP contribution < -0.4 is 4.74 Å². The third-order valence-electron chi connectivity index (χ3n) is 7.69. The molecular weight excluding hydrogens is 424 g/mol. The molecule has 0 saturated heterocycles. The fraction of sp³-hybridized carbons (Fsp3) is 0.533. The van der Waals surface area contributed by atoms with Gasteiger partial charge < -0.3 is 20.1 Å². The molecule has 0 spiro atoms. The summed E-state index contributed by atoms with van der Waals surface area (Å²) in [7, 11) is 0. The molecule has 186 valence electrons. The number of hydrogen-bond acceptors (Lipinski definition) is 4. The van der Waals surface area contributed by atoms with Gasteiger partial charge in [-0.2, -0.15) is 0 Å².